The third kappa shape index (κ3) is 5.34. The molecular weight excluding hydrogens is 255 g/mol. The minimum atomic E-state index is 0. The molecule has 0 saturated carbocycles. The first-order chi connectivity index (χ1) is 7.40. The lowest BCUT2D eigenvalue weighted by Crippen LogP contribution is -2.48. The van der Waals surface area contributed by atoms with Crippen molar-refractivity contribution in [3.63, 3.8) is 0 Å². The Hall–Kier alpha value is 0.500. The predicted molar refractivity (Wildman–Crippen MR) is 79.6 cm³/mol. The smallest absolute Gasteiger partial charge is 0.0195 e. The van der Waals surface area contributed by atoms with E-state index in [1.165, 1.54) is 64.6 Å². The molecule has 2 aliphatic heterocycles. The maximum absolute atomic E-state index is 3.67. The monoisotopic (exact) mass is 282 g/mol. The highest BCUT2D eigenvalue weighted by molar-refractivity contribution is 5.85. The highest BCUT2D eigenvalue weighted by Gasteiger charge is 2.24. The van der Waals surface area contributed by atoms with Crippen molar-refractivity contribution in [2.24, 2.45) is 0 Å². The average Bonchev–Trinajstić information content (AvgIpc) is 2.31. The second-order valence-corrected chi connectivity index (χ2v) is 5.20. The van der Waals surface area contributed by atoms with Gasteiger partial charge in [-0.15, -0.1) is 24.8 Å². The molecule has 0 aliphatic carbocycles. The Morgan fingerprint density at radius 3 is 2.47 bits per heavy atom. The Balaban J connectivity index is 0.00000128. The molecule has 0 aromatic heterocycles. The summed E-state index contributed by atoms with van der Waals surface area (Å²) in [5.74, 6) is 0. The minimum absolute atomic E-state index is 0. The van der Waals surface area contributed by atoms with Crippen LogP contribution >= 0.6 is 24.8 Å². The quantitative estimate of drug-likeness (QED) is 0.855. The van der Waals surface area contributed by atoms with Crippen LogP contribution in [0.4, 0.5) is 0 Å². The van der Waals surface area contributed by atoms with E-state index in [0.29, 0.717) is 0 Å². The van der Waals surface area contributed by atoms with E-state index in [-0.39, 0.29) is 24.8 Å². The van der Waals surface area contributed by atoms with Crippen molar-refractivity contribution >= 4 is 24.8 Å². The minimum Gasteiger partial charge on any atom is -0.313 e. The Morgan fingerprint density at radius 1 is 1.06 bits per heavy atom. The molecule has 2 heterocycles. The molecule has 2 atom stereocenters. The summed E-state index contributed by atoms with van der Waals surface area (Å²) in [6, 6.07) is 1.66. The fourth-order valence-electron chi connectivity index (χ4n) is 3.13. The van der Waals surface area contributed by atoms with Gasteiger partial charge < -0.3 is 5.32 Å². The van der Waals surface area contributed by atoms with Gasteiger partial charge in [0.05, 0.1) is 0 Å². The predicted octanol–water partition coefficient (Wildman–Crippen LogP) is 3.24. The number of nitrogens with zero attached hydrogens (tertiary/aromatic N) is 1. The van der Waals surface area contributed by atoms with Gasteiger partial charge in [-0.1, -0.05) is 19.8 Å². The van der Waals surface area contributed by atoms with Crippen molar-refractivity contribution in [3.8, 4) is 0 Å². The summed E-state index contributed by atoms with van der Waals surface area (Å²) in [4.78, 5) is 2.74. The zero-order valence-electron chi connectivity index (χ0n) is 11.0. The van der Waals surface area contributed by atoms with E-state index in [1.54, 1.807) is 0 Å². The summed E-state index contributed by atoms with van der Waals surface area (Å²) in [5, 5.41) is 3.67. The fourth-order valence-corrected chi connectivity index (χ4v) is 3.13. The van der Waals surface area contributed by atoms with Crippen molar-refractivity contribution in [1.82, 2.24) is 10.2 Å². The number of hydrogen-bond acceptors (Lipinski definition) is 2. The zero-order chi connectivity index (χ0) is 10.5. The summed E-state index contributed by atoms with van der Waals surface area (Å²) in [5.41, 5.74) is 0. The second kappa shape index (κ2) is 9.43. The lowest BCUT2D eigenvalue weighted by atomic mass is 9.97. The Bertz CT molecular complexity index is 184. The summed E-state index contributed by atoms with van der Waals surface area (Å²) < 4.78 is 0. The van der Waals surface area contributed by atoms with Crippen LogP contribution < -0.4 is 5.32 Å². The molecule has 0 spiro atoms. The van der Waals surface area contributed by atoms with Gasteiger partial charge in [-0.2, -0.15) is 0 Å². The number of nitrogens with one attached hydrogen (secondary N) is 1. The van der Waals surface area contributed by atoms with Gasteiger partial charge >= 0.3 is 0 Å². The van der Waals surface area contributed by atoms with E-state index in [9.17, 15) is 0 Å². The molecule has 17 heavy (non-hydrogen) atoms. The summed E-state index contributed by atoms with van der Waals surface area (Å²) in [6.07, 6.45) is 9.86. The number of likely N-dealkylation sites (tertiary alicyclic amines) is 1. The van der Waals surface area contributed by atoms with Crippen molar-refractivity contribution in [2.75, 3.05) is 19.6 Å². The number of hydrogen-bond donors (Lipinski definition) is 1. The summed E-state index contributed by atoms with van der Waals surface area (Å²) >= 11 is 0. The maximum atomic E-state index is 3.67. The van der Waals surface area contributed by atoms with Gasteiger partial charge in [0.25, 0.3) is 0 Å². The van der Waals surface area contributed by atoms with Gasteiger partial charge in [0.1, 0.15) is 0 Å². The van der Waals surface area contributed by atoms with Crippen LogP contribution in [0.5, 0.6) is 0 Å². The number of piperidine rings is 2. The Kier molecular flexibility index (Phi) is 9.71. The topological polar surface area (TPSA) is 15.3 Å². The van der Waals surface area contributed by atoms with E-state index in [0.717, 1.165) is 12.1 Å². The van der Waals surface area contributed by atoms with Crippen LogP contribution in [-0.2, 0) is 0 Å². The van der Waals surface area contributed by atoms with Gasteiger partial charge in [-0.25, -0.2) is 0 Å². The average molecular weight is 283 g/mol. The van der Waals surface area contributed by atoms with E-state index in [4.69, 9.17) is 0 Å². The molecule has 2 aliphatic rings. The number of halogens is 2. The SMILES string of the molecule is CCC1CCCCN1CC1CCCCN1.Cl.Cl. The van der Waals surface area contributed by atoms with Crippen LogP contribution in [-0.4, -0.2) is 36.6 Å². The molecule has 1 N–H and O–H groups in total. The van der Waals surface area contributed by atoms with Crippen LogP contribution in [0, 0.1) is 0 Å². The Morgan fingerprint density at radius 2 is 1.82 bits per heavy atom. The maximum Gasteiger partial charge on any atom is 0.0195 e. The molecule has 104 valence electrons. The summed E-state index contributed by atoms with van der Waals surface area (Å²) in [6.45, 7) is 6.24. The van der Waals surface area contributed by atoms with Crippen LogP contribution in [0.2, 0.25) is 0 Å². The van der Waals surface area contributed by atoms with Crippen molar-refractivity contribution < 1.29 is 0 Å². The molecule has 4 heteroatoms. The van der Waals surface area contributed by atoms with Crippen LogP contribution in [0.3, 0.4) is 0 Å². The van der Waals surface area contributed by atoms with Gasteiger partial charge in [0, 0.05) is 18.6 Å². The Labute approximate surface area is 119 Å². The van der Waals surface area contributed by atoms with Crippen molar-refractivity contribution in [1.29, 1.82) is 0 Å². The van der Waals surface area contributed by atoms with E-state index in [1.807, 2.05) is 0 Å². The van der Waals surface area contributed by atoms with E-state index >= 15 is 0 Å². The van der Waals surface area contributed by atoms with Gasteiger partial charge in [0.15, 0.2) is 0 Å². The molecule has 0 radical (unpaired) electrons. The highest BCUT2D eigenvalue weighted by atomic mass is 35.5. The highest BCUT2D eigenvalue weighted by Crippen LogP contribution is 2.20. The van der Waals surface area contributed by atoms with Gasteiger partial charge in [-0.3, -0.25) is 4.90 Å². The molecule has 0 aromatic rings. The van der Waals surface area contributed by atoms with E-state index < -0.39 is 0 Å². The molecular formula is C13H28Cl2N2. The molecule has 0 aromatic carbocycles. The first-order valence-corrected chi connectivity index (χ1v) is 6.87. The molecule has 2 unspecified atom stereocenters. The van der Waals surface area contributed by atoms with Gasteiger partial charge in [0.2, 0.25) is 0 Å². The zero-order valence-corrected chi connectivity index (χ0v) is 12.6. The van der Waals surface area contributed by atoms with Crippen molar-refractivity contribution in [3.05, 3.63) is 0 Å². The van der Waals surface area contributed by atoms with Gasteiger partial charge in [-0.05, 0) is 45.2 Å². The molecule has 2 saturated heterocycles. The van der Waals surface area contributed by atoms with E-state index in [2.05, 4.69) is 17.1 Å². The van der Waals surface area contributed by atoms with Crippen LogP contribution in [0.1, 0.15) is 51.9 Å². The first-order valence-electron chi connectivity index (χ1n) is 6.87. The third-order valence-electron chi connectivity index (χ3n) is 4.09. The fraction of sp³-hybridized carbons (Fsp3) is 1.00. The number of rotatable bonds is 3. The molecule has 2 rings (SSSR count). The summed E-state index contributed by atoms with van der Waals surface area (Å²) in [7, 11) is 0. The molecule has 2 fully saturated rings. The van der Waals surface area contributed by atoms with Crippen LogP contribution in [0.25, 0.3) is 0 Å². The van der Waals surface area contributed by atoms with Crippen molar-refractivity contribution in [2.45, 2.75) is 64.0 Å². The third-order valence-corrected chi connectivity index (χ3v) is 4.09. The largest absolute Gasteiger partial charge is 0.313 e. The first kappa shape index (κ1) is 17.5. The second-order valence-electron chi connectivity index (χ2n) is 5.20. The lowest BCUT2D eigenvalue weighted by molar-refractivity contribution is 0.123. The van der Waals surface area contributed by atoms with Crippen LogP contribution in [0.15, 0.2) is 0 Å². The standard InChI is InChI=1S/C13H26N2.2ClH/c1-2-13-8-4-6-10-15(13)11-12-7-3-5-9-14-12;;/h12-14H,2-11H2,1H3;2*1H. The molecule has 2 nitrogen and oxygen atoms in total. The molecule has 0 bridgehead atoms. The normalized spacial score (nSPS) is 30.2. The lowest BCUT2D eigenvalue weighted by Gasteiger charge is -2.38. The molecule has 0 amide bonds.